The molecule has 2 atom stereocenters. The number of aromatic nitrogens is 1. The van der Waals surface area contributed by atoms with E-state index in [9.17, 15) is 22.8 Å². The maximum absolute atomic E-state index is 13.3. The molecule has 9 nitrogen and oxygen atoms in total. The molecule has 0 spiro atoms. The van der Waals surface area contributed by atoms with Crippen molar-refractivity contribution in [1.29, 1.82) is 0 Å². The Balaban J connectivity index is 1.46. The molecule has 1 saturated heterocycles. The lowest BCUT2D eigenvalue weighted by atomic mass is 10.0. The van der Waals surface area contributed by atoms with Crippen LogP contribution in [0.4, 0.5) is 0 Å². The fourth-order valence-corrected chi connectivity index (χ4v) is 7.19. The highest BCUT2D eigenvalue weighted by Crippen LogP contribution is 2.23. The highest BCUT2D eigenvalue weighted by molar-refractivity contribution is 7.91. The molecule has 1 aliphatic heterocycles. The smallest absolute Gasteiger partial charge is 0.268 e. The van der Waals surface area contributed by atoms with Crippen LogP contribution in [-0.4, -0.2) is 60.1 Å². The van der Waals surface area contributed by atoms with E-state index in [0.29, 0.717) is 25.0 Å². The molecule has 11 heteroatoms. The number of nitrogens with one attached hydrogen (secondary N) is 2. The third-order valence-electron chi connectivity index (χ3n) is 6.54. The Kier molecular flexibility index (Phi) is 8.15. The van der Waals surface area contributed by atoms with Gasteiger partial charge in [0.05, 0.1) is 12.6 Å². The Morgan fingerprint density at radius 3 is 2.59 bits per heavy atom. The lowest BCUT2D eigenvalue weighted by Gasteiger charge is -2.23. The molecule has 1 aliphatic rings. The molecule has 3 heterocycles. The number of sulfonamides is 1. The van der Waals surface area contributed by atoms with Gasteiger partial charge >= 0.3 is 0 Å². The minimum atomic E-state index is -3.76. The Morgan fingerprint density at radius 1 is 1.16 bits per heavy atom. The fourth-order valence-electron chi connectivity index (χ4n) is 4.61. The van der Waals surface area contributed by atoms with Crippen LogP contribution in [0.25, 0.3) is 10.9 Å². The van der Waals surface area contributed by atoms with E-state index in [1.54, 1.807) is 29.1 Å². The van der Waals surface area contributed by atoms with Crippen LogP contribution in [0.1, 0.15) is 43.6 Å². The summed E-state index contributed by atoms with van der Waals surface area (Å²) in [7, 11) is -1.96. The number of hydrogen-bond acceptors (Lipinski definition) is 6. The average Bonchev–Trinajstić information content (AvgIpc) is 3.47. The van der Waals surface area contributed by atoms with Gasteiger partial charge in [-0.3, -0.25) is 14.4 Å². The molecule has 0 bridgehead atoms. The summed E-state index contributed by atoms with van der Waals surface area (Å²) in [5.74, 6) is -1.08. The topological polar surface area (TPSA) is 118 Å². The van der Waals surface area contributed by atoms with Crippen molar-refractivity contribution >= 4 is 49.9 Å². The van der Waals surface area contributed by atoms with Gasteiger partial charge in [0.15, 0.2) is 5.78 Å². The molecule has 2 amide bonds. The van der Waals surface area contributed by atoms with Crippen molar-refractivity contribution in [2.24, 2.45) is 13.0 Å². The number of para-hydroxylation sites is 1. The number of hydrogen-bond donors (Lipinski definition) is 2. The molecule has 1 fully saturated rings. The first kappa shape index (κ1) is 27.0. The van der Waals surface area contributed by atoms with Gasteiger partial charge in [-0.05, 0) is 48.8 Å². The number of carbonyl (C=O) groups excluding carboxylic acids is 3. The number of nitrogens with zero attached hydrogens (tertiary/aromatic N) is 2. The van der Waals surface area contributed by atoms with Crippen LogP contribution in [0.3, 0.4) is 0 Å². The Hall–Kier alpha value is -3.02. The molecule has 37 heavy (non-hydrogen) atoms. The van der Waals surface area contributed by atoms with Crippen molar-refractivity contribution in [3.05, 3.63) is 53.5 Å². The summed E-state index contributed by atoms with van der Waals surface area (Å²) in [6, 6.07) is 10.9. The van der Waals surface area contributed by atoms with Crippen molar-refractivity contribution in [2.75, 3.05) is 13.1 Å². The molecule has 0 saturated carbocycles. The predicted octanol–water partition coefficient (Wildman–Crippen LogP) is 2.92. The third-order valence-corrected chi connectivity index (χ3v) is 9.76. The molecule has 2 N–H and O–H groups in total. The van der Waals surface area contributed by atoms with E-state index in [4.69, 9.17) is 0 Å². The molecule has 198 valence electrons. The van der Waals surface area contributed by atoms with E-state index in [-0.39, 0.29) is 34.9 Å². The average molecular weight is 545 g/mol. The van der Waals surface area contributed by atoms with Gasteiger partial charge in [-0.25, -0.2) is 8.42 Å². The number of fused-ring (bicyclic) bond motifs is 1. The van der Waals surface area contributed by atoms with Gasteiger partial charge in [-0.15, -0.1) is 11.3 Å². The second-order valence-corrected chi connectivity index (χ2v) is 12.9. The zero-order chi connectivity index (χ0) is 26.7. The highest BCUT2D eigenvalue weighted by Gasteiger charge is 2.34. The lowest BCUT2D eigenvalue weighted by Crippen LogP contribution is -2.52. The molecule has 1 aromatic carbocycles. The molecule has 0 radical (unpaired) electrons. The quantitative estimate of drug-likeness (QED) is 0.452. The van der Waals surface area contributed by atoms with Crippen LogP contribution >= 0.6 is 11.3 Å². The minimum absolute atomic E-state index is 0.111. The van der Waals surface area contributed by atoms with Crippen LogP contribution < -0.4 is 10.6 Å². The summed E-state index contributed by atoms with van der Waals surface area (Å²) in [5.41, 5.74) is 1.34. The van der Waals surface area contributed by atoms with Gasteiger partial charge in [-0.1, -0.05) is 38.1 Å². The SMILES string of the molecule is CC(C)CC(NC(=O)c1cc2ccccc2n1C)C(=O)N[C@H]1CCCN(S(=O)(=O)c2cccs2)CC1=O. The predicted molar refractivity (Wildman–Crippen MR) is 143 cm³/mol. The number of benzene rings is 1. The zero-order valence-electron chi connectivity index (χ0n) is 21.1. The number of carbonyl (C=O) groups is 3. The van der Waals surface area contributed by atoms with Crippen molar-refractivity contribution in [3.63, 3.8) is 0 Å². The summed E-state index contributed by atoms with van der Waals surface area (Å²) in [6.07, 6.45) is 1.15. The first-order valence-corrected chi connectivity index (χ1v) is 14.6. The number of amides is 2. The number of thiophene rings is 1. The Labute approximate surface area is 220 Å². The van der Waals surface area contributed by atoms with Crippen molar-refractivity contribution in [3.8, 4) is 0 Å². The van der Waals surface area contributed by atoms with Crippen LogP contribution in [0.5, 0.6) is 0 Å². The summed E-state index contributed by atoms with van der Waals surface area (Å²) in [4.78, 5) is 39.4. The fraction of sp³-hybridized carbons (Fsp3) is 0.423. The van der Waals surface area contributed by atoms with E-state index in [0.717, 1.165) is 22.2 Å². The molecule has 3 aromatic rings. The van der Waals surface area contributed by atoms with Gasteiger partial charge in [0.2, 0.25) is 5.91 Å². The van der Waals surface area contributed by atoms with E-state index in [1.807, 2.05) is 38.1 Å². The summed E-state index contributed by atoms with van der Waals surface area (Å²) < 4.78 is 29.0. The molecule has 0 aliphatic carbocycles. The highest BCUT2D eigenvalue weighted by atomic mass is 32.2. The Morgan fingerprint density at radius 2 is 1.92 bits per heavy atom. The zero-order valence-corrected chi connectivity index (χ0v) is 22.8. The Bertz CT molecular complexity index is 1400. The monoisotopic (exact) mass is 544 g/mol. The van der Waals surface area contributed by atoms with Crippen LogP contribution in [0.15, 0.2) is 52.1 Å². The van der Waals surface area contributed by atoms with Gasteiger partial charge in [0.25, 0.3) is 15.9 Å². The van der Waals surface area contributed by atoms with E-state index >= 15 is 0 Å². The molecular formula is C26H32N4O5S2. The maximum atomic E-state index is 13.3. The molecular weight excluding hydrogens is 512 g/mol. The molecule has 2 aromatic heterocycles. The van der Waals surface area contributed by atoms with E-state index in [1.165, 1.54) is 10.4 Å². The maximum Gasteiger partial charge on any atom is 0.268 e. The van der Waals surface area contributed by atoms with Crippen LogP contribution in [0.2, 0.25) is 0 Å². The van der Waals surface area contributed by atoms with Crippen LogP contribution in [0, 0.1) is 5.92 Å². The van der Waals surface area contributed by atoms with Gasteiger partial charge in [0, 0.05) is 24.5 Å². The van der Waals surface area contributed by atoms with Gasteiger partial charge in [-0.2, -0.15) is 4.31 Å². The standard InChI is InChI=1S/C26H32N4O5S2/c1-17(2)14-20(28-26(33)22-15-18-8-4-5-10-21(18)29(22)3)25(32)27-19-9-6-12-30(16-23(19)31)37(34,35)24-11-7-13-36-24/h4-5,7-8,10-11,13,15,17,19-20H,6,9,12,14,16H2,1-3H3,(H,27,32)(H,28,33)/t19-,20?/m0/s1. The van der Waals surface area contributed by atoms with Gasteiger partial charge in [0.1, 0.15) is 15.9 Å². The number of aryl methyl sites for hydroxylation is 1. The second kappa shape index (κ2) is 11.2. The number of Topliss-reactive ketones (excluding diaryl/α,β-unsaturated/α-hetero) is 1. The normalized spacial score (nSPS) is 18.1. The number of rotatable bonds is 8. The molecule has 1 unspecified atom stereocenters. The van der Waals surface area contributed by atoms with Crippen molar-refractivity contribution in [1.82, 2.24) is 19.5 Å². The third kappa shape index (κ3) is 5.94. The van der Waals surface area contributed by atoms with Crippen molar-refractivity contribution in [2.45, 2.75) is 49.4 Å². The lowest BCUT2D eigenvalue weighted by molar-refractivity contribution is -0.129. The minimum Gasteiger partial charge on any atom is -0.344 e. The van der Waals surface area contributed by atoms with Crippen molar-refractivity contribution < 1.29 is 22.8 Å². The van der Waals surface area contributed by atoms with E-state index < -0.39 is 28.0 Å². The first-order chi connectivity index (χ1) is 17.6. The van der Waals surface area contributed by atoms with Crippen LogP contribution in [-0.2, 0) is 26.7 Å². The largest absolute Gasteiger partial charge is 0.344 e. The van der Waals surface area contributed by atoms with E-state index in [2.05, 4.69) is 10.6 Å². The number of ketones is 1. The second-order valence-electron chi connectivity index (χ2n) is 9.74. The summed E-state index contributed by atoms with van der Waals surface area (Å²) in [5, 5.41) is 8.24. The first-order valence-electron chi connectivity index (χ1n) is 12.3. The van der Waals surface area contributed by atoms with Gasteiger partial charge < -0.3 is 15.2 Å². The summed E-state index contributed by atoms with van der Waals surface area (Å²) >= 11 is 1.11. The molecule has 4 rings (SSSR count). The summed E-state index contributed by atoms with van der Waals surface area (Å²) in [6.45, 7) is 3.80.